The van der Waals surface area contributed by atoms with Crippen LogP contribution >= 0.6 is 0 Å². The highest BCUT2D eigenvalue weighted by Crippen LogP contribution is 2.07. The number of hydrogen-bond donors (Lipinski definition) is 8. The summed E-state index contributed by atoms with van der Waals surface area (Å²) in [6, 6.07) is 3.37. The Balaban J connectivity index is 1.79. The molecule has 3 amide bonds. The summed E-state index contributed by atoms with van der Waals surface area (Å²) in [5.41, 5.74) is 7.80. The highest BCUT2D eigenvalue weighted by Gasteiger charge is 2.31. The predicted molar refractivity (Wildman–Crippen MR) is 138 cm³/mol. The lowest BCUT2D eigenvalue weighted by Crippen LogP contribution is -2.58. The molecular formula is C25H30N8O7. The molecule has 0 aliphatic heterocycles. The lowest BCUT2D eigenvalue weighted by atomic mass is 10.0. The van der Waals surface area contributed by atoms with Crippen LogP contribution in [0.15, 0.2) is 55.4 Å². The Bertz CT molecular complexity index is 1280. The number of hydrogen-bond acceptors (Lipinski definition) is 8. The summed E-state index contributed by atoms with van der Waals surface area (Å²) in [5.74, 6) is -5.27. The number of aromatic amines is 2. The van der Waals surface area contributed by atoms with E-state index in [0.29, 0.717) is 17.0 Å². The largest absolute Gasteiger partial charge is 0.481 e. The smallest absolute Gasteiger partial charge is 0.326 e. The van der Waals surface area contributed by atoms with E-state index in [2.05, 4.69) is 35.9 Å². The molecular weight excluding hydrogens is 524 g/mol. The number of rotatable bonds is 15. The third-order valence-corrected chi connectivity index (χ3v) is 5.85. The van der Waals surface area contributed by atoms with Gasteiger partial charge in [0.2, 0.25) is 17.7 Å². The van der Waals surface area contributed by atoms with Crippen molar-refractivity contribution >= 4 is 29.7 Å². The van der Waals surface area contributed by atoms with Crippen LogP contribution in [0.5, 0.6) is 0 Å². The number of carboxylic acid groups (broad SMARTS) is 2. The molecule has 40 heavy (non-hydrogen) atoms. The molecule has 4 atom stereocenters. The van der Waals surface area contributed by atoms with E-state index >= 15 is 0 Å². The van der Waals surface area contributed by atoms with Crippen LogP contribution in [-0.4, -0.2) is 84.0 Å². The summed E-state index contributed by atoms with van der Waals surface area (Å²) in [7, 11) is 0. The van der Waals surface area contributed by atoms with Gasteiger partial charge >= 0.3 is 11.9 Å². The number of carbonyl (C=O) groups is 5. The minimum absolute atomic E-state index is 0.0230. The molecule has 1 aromatic carbocycles. The van der Waals surface area contributed by atoms with Crippen LogP contribution in [0.3, 0.4) is 0 Å². The summed E-state index contributed by atoms with van der Waals surface area (Å²) in [4.78, 5) is 75.5. The van der Waals surface area contributed by atoms with Gasteiger partial charge in [-0.05, 0) is 5.56 Å². The van der Waals surface area contributed by atoms with Crippen molar-refractivity contribution in [3.63, 3.8) is 0 Å². The molecule has 0 saturated heterocycles. The van der Waals surface area contributed by atoms with Crippen LogP contribution in [0.25, 0.3) is 0 Å². The quantitative estimate of drug-likeness (QED) is 0.108. The fourth-order valence-electron chi connectivity index (χ4n) is 3.81. The lowest BCUT2D eigenvalue weighted by Gasteiger charge is -2.25. The second-order valence-electron chi connectivity index (χ2n) is 8.98. The van der Waals surface area contributed by atoms with Gasteiger partial charge in [-0.15, -0.1) is 0 Å². The highest BCUT2D eigenvalue weighted by molar-refractivity contribution is 5.95. The van der Waals surface area contributed by atoms with Crippen LogP contribution in [0.2, 0.25) is 0 Å². The fourth-order valence-corrected chi connectivity index (χ4v) is 3.81. The van der Waals surface area contributed by atoms with E-state index in [1.54, 1.807) is 30.3 Å². The normalized spacial score (nSPS) is 13.8. The van der Waals surface area contributed by atoms with Crippen LogP contribution in [0.4, 0.5) is 0 Å². The first-order chi connectivity index (χ1) is 19.1. The van der Waals surface area contributed by atoms with Crippen molar-refractivity contribution in [2.45, 2.75) is 49.9 Å². The molecule has 15 nitrogen and oxygen atoms in total. The molecule has 3 rings (SSSR count). The monoisotopic (exact) mass is 554 g/mol. The van der Waals surface area contributed by atoms with Gasteiger partial charge in [-0.1, -0.05) is 30.3 Å². The number of amides is 3. The van der Waals surface area contributed by atoms with Gasteiger partial charge in [0.05, 0.1) is 25.1 Å². The summed E-state index contributed by atoms with van der Waals surface area (Å²) in [5, 5.41) is 25.7. The molecule has 0 saturated carbocycles. The van der Waals surface area contributed by atoms with E-state index in [4.69, 9.17) is 10.8 Å². The first-order valence-electron chi connectivity index (χ1n) is 12.2. The first-order valence-corrected chi connectivity index (χ1v) is 12.2. The van der Waals surface area contributed by atoms with Crippen molar-refractivity contribution in [2.24, 2.45) is 5.73 Å². The molecule has 212 valence electrons. The van der Waals surface area contributed by atoms with Gasteiger partial charge in [-0.2, -0.15) is 0 Å². The van der Waals surface area contributed by atoms with Crippen molar-refractivity contribution in [2.75, 3.05) is 0 Å². The number of nitrogens with two attached hydrogens (primary N) is 1. The Kier molecular flexibility index (Phi) is 10.5. The molecule has 4 unspecified atom stereocenters. The van der Waals surface area contributed by atoms with E-state index in [1.807, 2.05) is 0 Å². The first kappa shape index (κ1) is 29.5. The number of carbonyl (C=O) groups excluding carboxylic acids is 3. The van der Waals surface area contributed by atoms with E-state index in [9.17, 15) is 29.1 Å². The van der Waals surface area contributed by atoms with E-state index in [-0.39, 0.29) is 19.3 Å². The summed E-state index contributed by atoms with van der Waals surface area (Å²) in [6.07, 6.45) is 5.03. The number of aliphatic carboxylic acids is 2. The zero-order valence-electron chi connectivity index (χ0n) is 21.2. The van der Waals surface area contributed by atoms with Crippen molar-refractivity contribution in [1.82, 2.24) is 35.9 Å². The highest BCUT2D eigenvalue weighted by atomic mass is 16.4. The average Bonchev–Trinajstić information content (AvgIpc) is 3.62. The zero-order chi connectivity index (χ0) is 29.1. The topological polar surface area (TPSA) is 245 Å². The molecule has 0 aliphatic rings. The molecule has 2 heterocycles. The molecule has 0 radical (unpaired) electrons. The third kappa shape index (κ3) is 9.05. The molecule has 0 bridgehead atoms. The maximum Gasteiger partial charge on any atom is 0.326 e. The van der Waals surface area contributed by atoms with Gasteiger partial charge in [0.25, 0.3) is 0 Å². The Hall–Kier alpha value is -5.05. The Labute approximate surface area is 228 Å². The summed E-state index contributed by atoms with van der Waals surface area (Å²) >= 11 is 0. The van der Waals surface area contributed by atoms with Crippen LogP contribution in [-0.2, 0) is 43.2 Å². The second kappa shape index (κ2) is 14.2. The summed E-state index contributed by atoms with van der Waals surface area (Å²) in [6.45, 7) is 0. The van der Waals surface area contributed by atoms with Gasteiger partial charge < -0.3 is 41.9 Å². The van der Waals surface area contributed by atoms with Crippen molar-refractivity contribution in [3.8, 4) is 0 Å². The van der Waals surface area contributed by atoms with Gasteiger partial charge in [0.1, 0.15) is 18.1 Å². The molecule has 2 aromatic heterocycles. The standard InChI is InChI=1S/C25H30N8O7/c26-17(7-15-10-27-12-29-15)22(36)31-19(8-16-11-28-13-30-16)24(38)32-18(6-14-4-2-1-3-5-14)23(37)33-20(25(39)40)9-21(34)35/h1-5,10-13,17-20H,6-9,26H2,(H,27,29)(H,28,30)(H,31,36)(H,32,38)(H,33,37)(H,34,35)(H,39,40). The Morgan fingerprint density at radius 3 is 1.80 bits per heavy atom. The number of nitrogens with zero attached hydrogens (tertiary/aromatic N) is 2. The number of carboxylic acids is 2. The zero-order valence-corrected chi connectivity index (χ0v) is 21.2. The molecule has 3 aromatic rings. The number of imidazole rings is 2. The maximum atomic E-state index is 13.4. The lowest BCUT2D eigenvalue weighted by molar-refractivity contribution is -0.147. The predicted octanol–water partition coefficient (Wildman–Crippen LogP) is -1.50. The van der Waals surface area contributed by atoms with E-state index < -0.39 is 60.2 Å². The second-order valence-corrected chi connectivity index (χ2v) is 8.98. The van der Waals surface area contributed by atoms with Gasteiger partial charge in [-0.3, -0.25) is 19.2 Å². The maximum absolute atomic E-state index is 13.4. The van der Waals surface area contributed by atoms with Crippen molar-refractivity contribution < 1.29 is 34.2 Å². The van der Waals surface area contributed by atoms with Crippen molar-refractivity contribution in [3.05, 3.63) is 72.3 Å². The van der Waals surface area contributed by atoms with Crippen LogP contribution in [0, 0.1) is 0 Å². The van der Waals surface area contributed by atoms with Crippen molar-refractivity contribution in [1.29, 1.82) is 0 Å². The molecule has 0 fully saturated rings. The SMILES string of the molecule is NC(Cc1cnc[nH]1)C(=O)NC(Cc1cnc[nH]1)C(=O)NC(Cc1ccccc1)C(=O)NC(CC(=O)O)C(=O)O. The fraction of sp³-hybridized carbons (Fsp3) is 0.320. The summed E-state index contributed by atoms with van der Waals surface area (Å²) < 4.78 is 0. The number of aromatic nitrogens is 4. The Morgan fingerprint density at radius 1 is 0.750 bits per heavy atom. The van der Waals surface area contributed by atoms with Gasteiger partial charge in [0.15, 0.2) is 0 Å². The molecule has 15 heteroatoms. The minimum atomic E-state index is -1.72. The molecule has 0 aliphatic carbocycles. The molecule has 9 N–H and O–H groups in total. The molecule has 0 spiro atoms. The minimum Gasteiger partial charge on any atom is -0.481 e. The van der Waals surface area contributed by atoms with Gasteiger partial charge in [0, 0.05) is 43.0 Å². The van der Waals surface area contributed by atoms with E-state index in [1.165, 1.54) is 25.0 Å². The third-order valence-electron chi connectivity index (χ3n) is 5.85. The van der Waals surface area contributed by atoms with E-state index in [0.717, 1.165) is 0 Å². The Morgan fingerprint density at radius 2 is 1.27 bits per heavy atom. The van der Waals surface area contributed by atoms with Crippen LogP contribution in [0.1, 0.15) is 23.4 Å². The number of H-pyrrole nitrogens is 2. The van der Waals surface area contributed by atoms with Crippen LogP contribution < -0.4 is 21.7 Å². The van der Waals surface area contributed by atoms with Gasteiger partial charge in [-0.25, -0.2) is 14.8 Å². The number of benzene rings is 1. The average molecular weight is 555 g/mol. The number of nitrogens with one attached hydrogen (secondary N) is 5.